The van der Waals surface area contributed by atoms with Gasteiger partial charge in [0.15, 0.2) is 0 Å². The molecule has 0 atom stereocenters. The largest absolute Gasteiger partial charge is 0.481 e. The Balaban J connectivity index is 1.96. The Hall–Kier alpha value is -1.79. The van der Waals surface area contributed by atoms with Gasteiger partial charge in [0.2, 0.25) is 5.91 Å². The van der Waals surface area contributed by atoms with Crippen LogP contribution < -0.4 is 10.6 Å². The number of amides is 1. The van der Waals surface area contributed by atoms with E-state index in [-0.39, 0.29) is 6.42 Å². The number of nitrogens with two attached hydrogens (primary N) is 1. The molecule has 1 aliphatic rings. The Morgan fingerprint density at radius 2 is 1.90 bits per heavy atom. The molecule has 1 saturated heterocycles. The highest BCUT2D eigenvalue weighted by atomic mass is 35.5. The van der Waals surface area contributed by atoms with Crippen molar-refractivity contribution in [3.05, 3.63) is 28.8 Å². The van der Waals surface area contributed by atoms with Crippen molar-refractivity contribution in [1.82, 2.24) is 4.90 Å². The number of carboxylic acids is 1. The number of halogens is 1. The normalized spacial score (nSPS) is 16.0. The number of hydrogen-bond donors (Lipinski definition) is 2. The smallest absolute Gasteiger partial charge is 0.304 e. The summed E-state index contributed by atoms with van der Waals surface area (Å²) in [7, 11) is 0. The molecule has 1 aromatic carbocycles. The molecular weight excluding hydrogens is 294 g/mol. The zero-order valence-corrected chi connectivity index (χ0v) is 12.3. The molecule has 1 heterocycles. The number of piperazine rings is 1. The minimum atomic E-state index is -0.775. The molecule has 1 aliphatic heterocycles. The molecule has 0 saturated carbocycles. The highest BCUT2D eigenvalue weighted by molar-refractivity contribution is 6.33. The Bertz CT molecular complexity index is 542. The van der Waals surface area contributed by atoms with E-state index in [0.29, 0.717) is 17.1 Å². The van der Waals surface area contributed by atoms with Crippen molar-refractivity contribution >= 4 is 29.2 Å². The molecule has 0 radical (unpaired) electrons. The van der Waals surface area contributed by atoms with Gasteiger partial charge in [0.25, 0.3) is 0 Å². The number of carbonyl (C=O) groups excluding carboxylic acids is 1. The van der Waals surface area contributed by atoms with Crippen molar-refractivity contribution in [2.24, 2.45) is 5.73 Å². The van der Waals surface area contributed by atoms with Crippen molar-refractivity contribution in [1.29, 1.82) is 0 Å². The van der Waals surface area contributed by atoms with Crippen LogP contribution in [0.4, 0.5) is 5.69 Å². The van der Waals surface area contributed by atoms with Gasteiger partial charge in [0.05, 0.1) is 17.1 Å². The first kappa shape index (κ1) is 15.6. The van der Waals surface area contributed by atoms with Crippen LogP contribution in [0, 0.1) is 0 Å². The van der Waals surface area contributed by atoms with Gasteiger partial charge < -0.3 is 15.7 Å². The number of aliphatic carboxylic acids is 1. The number of benzene rings is 1. The highest BCUT2D eigenvalue weighted by Gasteiger charge is 2.19. The average molecular weight is 312 g/mol. The minimum absolute atomic E-state index is 0.161. The van der Waals surface area contributed by atoms with Gasteiger partial charge in [-0.15, -0.1) is 0 Å². The van der Waals surface area contributed by atoms with E-state index >= 15 is 0 Å². The van der Waals surface area contributed by atoms with E-state index < -0.39 is 11.9 Å². The van der Waals surface area contributed by atoms with Crippen molar-refractivity contribution in [2.75, 3.05) is 37.6 Å². The number of anilines is 1. The molecule has 0 spiro atoms. The number of carboxylic acid groups (broad SMARTS) is 1. The lowest BCUT2D eigenvalue weighted by molar-refractivity contribution is -0.137. The van der Waals surface area contributed by atoms with Crippen LogP contribution >= 0.6 is 11.6 Å². The summed E-state index contributed by atoms with van der Waals surface area (Å²) in [4.78, 5) is 25.9. The first-order valence-electron chi connectivity index (χ1n) is 6.76. The number of carbonyl (C=O) groups is 2. The maximum absolute atomic E-state index is 11.1. The van der Waals surface area contributed by atoms with Crippen LogP contribution in [0.3, 0.4) is 0 Å². The van der Waals surface area contributed by atoms with Gasteiger partial charge >= 0.3 is 5.97 Å². The number of primary amides is 1. The summed E-state index contributed by atoms with van der Waals surface area (Å²) in [5, 5.41) is 9.19. The van der Waals surface area contributed by atoms with Crippen molar-refractivity contribution in [2.45, 2.75) is 6.42 Å². The van der Waals surface area contributed by atoms with E-state index in [4.69, 9.17) is 22.4 Å². The minimum Gasteiger partial charge on any atom is -0.481 e. The van der Waals surface area contributed by atoms with Gasteiger partial charge in [-0.2, -0.15) is 0 Å². The Kier molecular flexibility index (Phi) is 5.03. The van der Waals surface area contributed by atoms with Crippen LogP contribution in [0.5, 0.6) is 0 Å². The van der Waals surface area contributed by atoms with Crippen LogP contribution in [-0.4, -0.2) is 54.6 Å². The van der Waals surface area contributed by atoms with Crippen LogP contribution in [-0.2, 0) is 4.79 Å². The number of hydrogen-bond acceptors (Lipinski definition) is 4. The lowest BCUT2D eigenvalue weighted by atomic mass is 10.1. The second-order valence-electron chi connectivity index (χ2n) is 5.00. The molecule has 0 unspecified atom stereocenters. The lowest BCUT2D eigenvalue weighted by Gasteiger charge is -2.36. The summed E-state index contributed by atoms with van der Waals surface area (Å²) < 4.78 is 0. The molecule has 6 nitrogen and oxygen atoms in total. The maximum atomic E-state index is 11.1. The Labute approximate surface area is 128 Å². The third-order valence-corrected chi connectivity index (χ3v) is 3.89. The van der Waals surface area contributed by atoms with Gasteiger partial charge in [0.1, 0.15) is 0 Å². The summed E-state index contributed by atoms with van der Waals surface area (Å²) in [6.45, 7) is 3.70. The summed E-state index contributed by atoms with van der Waals surface area (Å²) in [5.74, 6) is -1.27. The average Bonchev–Trinajstić information content (AvgIpc) is 2.45. The van der Waals surface area contributed by atoms with E-state index in [2.05, 4.69) is 9.80 Å². The summed E-state index contributed by atoms with van der Waals surface area (Å²) in [6.07, 6.45) is 0.161. The zero-order valence-electron chi connectivity index (χ0n) is 11.6. The Morgan fingerprint density at radius 3 is 2.43 bits per heavy atom. The van der Waals surface area contributed by atoms with Gasteiger partial charge in [-0.1, -0.05) is 11.6 Å². The van der Waals surface area contributed by atoms with E-state index in [0.717, 1.165) is 31.9 Å². The van der Waals surface area contributed by atoms with Crippen molar-refractivity contribution in [3.63, 3.8) is 0 Å². The molecule has 114 valence electrons. The van der Waals surface area contributed by atoms with E-state index in [1.165, 1.54) is 0 Å². The molecule has 7 heteroatoms. The van der Waals surface area contributed by atoms with Crippen LogP contribution in [0.25, 0.3) is 0 Å². The second-order valence-corrected chi connectivity index (χ2v) is 5.41. The molecule has 1 amide bonds. The molecule has 21 heavy (non-hydrogen) atoms. The first-order chi connectivity index (χ1) is 9.97. The fraction of sp³-hybridized carbons (Fsp3) is 0.429. The van der Waals surface area contributed by atoms with Crippen LogP contribution in [0.15, 0.2) is 18.2 Å². The van der Waals surface area contributed by atoms with Gasteiger partial charge in [-0.3, -0.25) is 14.5 Å². The molecule has 3 N–H and O–H groups in total. The van der Waals surface area contributed by atoms with E-state index in [1.54, 1.807) is 18.2 Å². The third kappa shape index (κ3) is 4.09. The van der Waals surface area contributed by atoms with Gasteiger partial charge in [0, 0.05) is 38.3 Å². The SMILES string of the molecule is NC(=O)c1ccc(N2CCN(CCC(=O)O)CC2)c(Cl)c1. The zero-order chi connectivity index (χ0) is 15.4. The van der Waals surface area contributed by atoms with Crippen molar-refractivity contribution in [3.8, 4) is 0 Å². The Morgan fingerprint density at radius 1 is 1.24 bits per heavy atom. The lowest BCUT2D eigenvalue weighted by Crippen LogP contribution is -2.47. The molecule has 0 bridgehead atoms. The number of rotatable bonds is 5. The summed E-state index contributed by atoms with van der Waals surface area (Å²) in [6, 6.07) is 5.05. The monoisotopic (exact) mass is 311 g/mol. The highest BCUT2D eigenvalue weighted by Crippen LogP contribution is 2.27. The van der Waals surface area contributed by atoms with E-state index in [1.807, 2.05) is 0 Å². The molecule has 0 aliphatic carbocycles. The fourth-order valence-electron chi connectivity index (χ4n) is 2.38. The molecule has 2 rings (SSSR count). The van der Waals surface area contributed by atoms with Gasteiger partial charge in [-0.05, 0) is 18.2 Å². The van der Waals surface area contributed by atoms with E-state index in [9.17, 15) is 9.59 Å². The van der Waals surface area contributed by atoms with Crippen molar-refractivity contribution < 1.29 is 14.7 Å². The standard InChI is InChI=1S/C14H18ClN3O3/c15-11-9-10(14(16)21)1-2-12(11)18-7-5-17(6-8-18)4-3-13(19)20/h1-2,9H,3-8H2,(H2,16,21)(H,19,20). The third-order valence-electron chi connectivity index (χ3n) is 3.59. The molecular formula is C14H18ClN3O3. The second kappa shape index (κ2) is 6.78. The summed E-state index contributed by atoms with van der Waals surface area (Å²) >= 11 is 6.21. The predicted octanol–water partition coefficient (Wildman–Crippen LogP) is 1.04. The molecule has 0 aromatic heterocycles. The number of nitrogens with zero attached hydrogens (tertiary/aromatic N) is 2. The topological polar surface area (TPSA) is 86.9 Å². The van der Waals surface area contributed by atoms with Crippen LogP contribution in [0.1, 0.15) is 16.8 Å². The molecule has 1 aromatic rings. The first-order valence-corrected chi connectivity index (χ1v) is 7.13. The van der Waals surface area contributed by atoms with Gasteiger partial charge in [-0.25, -0.2) is 0 Å². The predicted molar refractivity (Wildman–Crippen MR) is 80.9 cm³/mol. The maximum Gasteiger partial charge on any atom is 0.304 e. The fourth-order valence-corrected chi connectivity index (χ4v) is 2.68. The molecule has 1 fully saturated rings. The quantitative estimate of drug-likeness (QED) is 0.848. The van der Waals surface area contributed by atoms with Crippen LogP contribution in [0.2, 0.25) is 5.02 Å². The summed E-state index contributed by atoms with van der Waals surface area (Å²) in [5.41, 5.74) is 6.49.